The molecule has 1 atom stereocenters. The van der Waals surface area contributed by atoms with Gasteiger partial charge in [-0.05, 0) is 17.6 Å². The van der Waals surface area contributed by atoms with Gasteiger partial charge in [0.05, 0.1) is 12.3 Å². The molecule has 6 heteroatoms. The Morgan fingerprint density at radius 2 is 2.10 bits per heavy atom. The Bertz CT molecular complexity index is 514. The van der Waals surface area contributed by atoms with Gasteiger partial charge >= 0.3 is 0 Å². The molecular formula is C14H22ClN3OSi. The third-order valence-corrected chi connectivity index (χ3v) is 5.20. The average Bonchev–Trinajstić information content (AvgIpc) is 2.75. The summed E-state index contributed by atoms with van der Waals surface area (Å²) < 4.78 is 5.82. The minimum atomic E-state index is -1.03. The molecule has 0 aromatic carbocycles. The summed E-state index contributed by atoms with van der Waals surface area (Å²) in [7, 11) is 0.809. The van der Waals surface area contributed by atoms with Gasteiger partial charge in [-0.25, -0.2) is 9.97 Å². The highest BCUT2D eigenvalue weighted by Gasteiger charge is 2.23. The van der Waals surface area contributed by atoms with Crippen molar-refractivity contribution in [1.82, 2.24) is 9.97 Å². The largest absolute Gasteiger partial charge is 0.381 e. The van der Waals surface area contributed by atoms with Crippen molar-refractivity contribution in [3.63, 3.8) is 0 Å². The molecule has 1 aromatic rings. The Hall–Kier alpha value is -0.913. The van der Waals surface area contributed by atoms with Gasteiger partial charge in [-0.2, -0.15) is 0 Å². The number of rotatable bonds is 6. The fourth-order valence-electron chi connectivity index (χ4n) is 2.12. The van der Waals surface area contributed by atoms with E-state index in [1.54, 1.807) is 0 Å². The zero-order valence-corrected chi connectivity index (χ0v) is 14.3. The van der Waals surface area contributed by atoms with Crippen LogP contribution in [0.1, 0.15) is 17.2 Å². The van der Waals surface area contributed by atoms with Crippen LogP contribution in [0.5, 0.6) is 0 Å². The average molecular weight is 312 g/mol. The highest BCUT2D eigenvalue weighted by atomic mass is 35.5. The second kappa shape index (κ2) is 6.24. The molecule has 0 fully saturated rings. The zero-order valence-electron chi connectivity index (χ0n) is 12.5. The van der Waals surface area contributed by atoms with E-state index in [0.29, 0.717) is 6.61 Å². The van der Waals surface area contributed by atoms with E-state index in [4.69, 9.17) is 16.3 Å². The van der Waals surface area contributed by atoms with E-state index in [0.717, 1.165) is 23.7 Å². The van der Waals surface area contributed by atoms with Crippen LogP contribution in [0, 0.1) is 0 Å². The molecule has 1 unspecified atom stereocenters. The van der Waals surface area contributed by atoms with E-state index in [9.17, 15) is 0 Å². The Labute approximate surface area is 126 Å². The maximum atomic E-state index is 5.97. The van der Waals surface area contributed by atoms with Gasteiger partial charge in [-0.15, -0.1) is 0 Å². The lowest BCUT2D eigenvalue weighted by atomic mass is 10.1. The lowest BCUT2D eigenvalue weighted by Crippen LogP contribution is -2.22. The smallest absolute Gasteiger partial charge is 0.224 e. The van der Waals surface area contributed by atoms with E-state index in [2.05, 4.69) is 41.0 Å². The summed E-state index contributed by atoms with van der Waals surface area (Å²) in [5, 5.41) is 3.34. The van der Waals surface area contributed by atoms with Gasteiger partial charge in [0, 0.05) is 33.2 Å². The van der Waals surface area contributed by atoms with E-state index < -0.39 is 8.07 Å². The van der Waals surface area contributed by atoms with Crippen LogP contribution >= 0.6 is 11.6 Å². The van der Waals surface area contributed by atoms with Crippen LogP contribution in [0.4, 0.5) is 5.82 Å². The van der Waals surface area contributed by atoms with Crippen molar-refractivity contribution in [2.75, 3.05) is 25.6 Å². The van der Waals surface area contributed by atoms with Crippen molar-refractivity contribution in [1.29, 1.82) is 0 Å². The number of hydrogen-bond acceptors (Lipinski definition) is 4. The summed E-state index contributed by atoms with van der Waals surface area (Å²) in [6, 6.07) is 1.18. The molecule has 2 rings (SSSR count). The minimum absolute atomic E-state index is 0.180. The highest BCUT2D eigenvalue weighted by molar-refractivity contribution is 6.76. The second-order valence-electron chi connectivity index (χ2n) is 6.24. The van der Waals surface area contributed by atoms with Crippen molar-refractivity contribution in [3.05, 3.63) is 22.6 Å². The Kier molecular flexibility index (Phi) is 4.83. The van der Waals surface area contributed by atoms with E-state index >= 15 is 0 Å². The molecule has 0 bridgehead atoms. The first-order valence-electron chi connectivity index (χ1n) is 6.92. The van der Waals surface area contributed by atoms with Gasteiger partial charge in [0.15, 0.2) is 0 Å². The summed E-state index contributed by atoms with van der Waals surface area (Å²) in [6.45, 7) is 8.55. The maximum Gasteiger partial charge on any atom is 0.224 e. The van der Waals surface area contributed by atoms with Crippen LogP contribution in [0.2, 0.25) is 31.0 Å². The van der Waals surface area contributed by atoms with Crippen molar-refractivity contribution in [2.24, 2.45) is 0 Å². The molecule has 20 heavy (non-hydrogen) atoms. The summed E-state index contributed by atoms with van der Waals surface area (Å²) in [5.74, 6) is 0.958. The van der Waals surface area contributed by atoms with Crippen LogP contribution in [0.15, 0.2) is 6.08 Å². The quantitative estimate of drug-likeness (QED) is 0.495. The molecule has 110 valence electrons. The summed E-state index contributed by atoms with van der Waals surface area (Å²) >= 11 is 5.97. The predicted molar refractivity (Wildman–Crippen MR) is 87.3 cm³/mol. The first-order chi connectivity index (χ1) is 9.40. The minimum Gasteiger partial charge on any atom is -0.381 e. The number of nitrogens with one attached hydrogen (secondary N) is 1. The number of hydrogen-bond donors (Lipinski definition) is 1. The fraction of sp³-hybridized carbons (Fsp3) is 0.571. The van der Waals surface area contributed by atoms with Crippen molar-refractivity contribution >= 4 is 31.6 Å². The number of aromatic nitrogens is 2. The van der Waals surface area contributed by atoms with E-state index in [1.165, 1.54) is 6.04 Å². The van der Waals surface area contributed by atoms with Gasteiger partial charge in [0.2, 0.25) is 5.28 Å². The number of fused-ring (bicyclic) bond motifs is 1. The topological polar surface area (TPSA) is 47.0 Å². The van der Waals surface area contributed by atoms with Gasteiger partial charge in [-0.1, -0.05) is 31.8 Å². The number of halogens is 1. The molecule has 0 radical (unpaired) electrons. The SMILES string of the molecule is CNc1nc(Cl)nc2c1C=CC2COCC[Si](C)(C)C. The zero-order chi connectivity index (χ0) is 14.8. The maximum absolute atomic E-state index is 5.97. The van der Waals surface area contributed by atoms with Crippen LogP contribution < -0.4 is 5.32 Å². The monoisotopic (exact) mass is 311 g/mol. The van der Waals surface area contributed by atoms with Gasteiger partial charge in [-0.3, -0.25) is 0 Å². The predicted octanol–water partition coefficient (Wildman–Crippen LogP) is 3.64. The van der Waals surface area contributed by atoms with Crippen molar-refractivity contribution in [3.8, 4) is 0 Å². The van der Waals surface area contributed by atoms with Gasteiger partial charge in [0.1, 0.15) is 5.82 Å². The molecule has 0 aliphatic heterocycles. The van der Waals surface area contributed by atoms with Gasteiger partial charge < -0.3 is 10.1 Å². The Balaban J connectivity index is 1.98. The van der Waals surface area contributed by atoms with Gasteiger partial charge in [0.25, 0.3) is 0 Å². The second-order valence-corrected chi connectivity index (χ2v) is 12.2. The first-order valence-corrected chi connectivity index (χ1v) is 11.0. The molecule has 1 N–H and O–H groups in total. The normalized spacial score (nSPS) is 17.4. The molecule has 1 aromatic heterocycles. The van der Waals surface area contributed by atoms with Crippen LogP contribution in [0.3, 0.4) is 0 Å². The lowest BCUT2D eigenvalue weighted by molar-refractivity contribution is 0.140. The van der Waals surface area contributed by atoms with E-state index in [1.807, 2.05) is 13.1 Å². The summed E-state index contributed by atoms with van der Waals surface area (Å²) in [4.78, 5) is 8.53. The van der Waals surface area contributed by atoms with Crippen LogP contribution in [0.25, 0.3) is 6.08 Å². The number of ether oxygens (including phenoxy) is 1. The number of nitrogens with zero attached hydrogens (tertiary/aromatic N) is 2. The first kappa shape index (κ1) is 15.5. The Morgan fingerprint density at radius 1 is 1.35 bits per heavy atom. The summed E-state index contributed by atoms with van der Waals surface area (Å²) in [5.41, 5.74) is 1.98. The lowest BCUT2D eigenvalue weighted by Gasteiger charge is -2.17. The molecule has 1 aliphatic rings. The molecular weight excluding hydrogens is 290 g/mol. The van der Waals surface area contributed by atoms with Crippen LogP contribution in [-0.4, -0.2) is 38.3 Å². The molecule has 0 saturated heterocycles. The Morgan fingerprint density at radius 3 is 2.75 bits per heavy atom. The molecule has 4 nitrogen and oxygen atoms in total. The molecule has 1 heterocycles. The van der Waals surface area contributed by atoms with Crippen molar-refractivity contribution in [2.45, 2.75) is 31.6 Å². The molecule has 0 amide bonds. The summed E-state index contributed by atoms with van der Waals surface area (Å²) in [6.07, 6.45) is 4.16. The fourth-order valence-corrected chi connectivity index (χ4v) is 3.05. The number of anilines is 1. The highest BCUT2D eigenvalue weighted by Crippen LogP contribution is 2.33. The van der Waals surface area contributed by atoms with E-state index in [-0.39, 0.29) is 11.2 Å². The standard InChI is InChI=1S/C14H22ClN3OSi/c1-16-13-11-6-5-10(12(11)17-14(15)18-13)9-19-7-8-20(2,3)4/h5-6,10H,7-9H2,1-4H3,(H,16,17,18). The van der Waals surface area contributed by atoms with Crippen LogP contribution in [-0.2, 0) is 4.74 Å². The third-order valence-electron chi connectivity index (χ3n) is 3.32. The van der Waals surface area contributed by atoms with Crippen molar-refractivity contribution < 1.29 is 4.74 Å². The molecule has 1 aliphatic carbocycles. The third kappa shape index (κ3) is 3.81. The molecule has 0 saturated carbocycles. The molecule has 0 spiro atoms.